The van der Waals surface area contributed by atoms with Crippen molar-refractivity contribution in [3.63, 3.8) is 0 Å². The van der Waals surface area contributed by atoms with Gasteiger partial charge in [0.25, 0.3) is 0 Å². The van der Waals surface area contributed by atoms with E-state index in [0.717, 1.165) is 5.56 Å². The summed E-state index contributed by atoms with van der Waals surface area (Å²) in [4.78, 5) is 4.07. The molecule has 0 radical (unpaired) electrons. The summed E-state index contributed by atoms with van der Waals surface area (Å²) in [6.07, 6.45) is -2.50. The molecule has 0 aliphatic heterocycles. The van der Waals surface area contributed by atoms with Crippen LogP contribution in [0.1, 0.15) is 36.0 Å². The number of aliphatic imine (C=N–C) groups is 1. The van der Waals surface area contributed by atoms with Crippen LogP contribution in [0.2, 0.25) is 0 Å². The standard InChI is InChI=1S/C21H25F3N2O/c1-4-25-14-26-19-13-20(27-3)17(12-15(19)2)18(21(22,23)24)11-10-16-8-6-5-7-9-16/h5-9,12-14,18H,4,10-11H2,1-3H3,(H,25,26). The largest absolute Gasteiger partial charge is 0.496 e. The molecule has 0 saturated carbocycles. The highest BCUT2D eigenvalue weighted by molar-refractivity contribution is 5.78. The summed E-state index contributed by atoms with van der Waals surface area (Å²) in [6, 6.07) is 12.4. The minimum atomic E-state index is -4.35. The minimum absolute atomic E-state index is 0.0343. The lowest BCUT2D eigenvalue weighted by Gasteiger charge is -2.24. The Kier molecular flexibility index (Phi) is 7.28. The number of hydrogen-bond donors (Lipinski definition) is 1. The predicted octanol–water partition coefficient (Wildman–Crippen LogP) is 5.74. The van der Waals surface area contributed by atoms with Crippen molar-refractivity contribution in [1.29, 1.82) is 0 Å². The number of halogens is 3. The first-order valence-corrected chi connectivity index (χ1v) is 8.90. The zero-order valence-corrected chi connectivity index (χ0v) is 15.8. The van der Waals surface area contributed by atoms with Crippen LogP contribution in [-0.2, 0) is 6.42 Å². The second-order valence-corrected chi connectivity index (χ2v) is 6.30. The fourth-order valence-electron chi connectivity index (χ4n) is 2.97. The van der Waals surface area contributed by atoms with Gasteiger partial charge in [0, 0.05) is 23.9 Å². The molecule has 0 aromatic heterocycles. The number of ether oxygens (including phenoxy) is 1. The molecular weight excluding hydrogens is 353 g/mol. The van der Waals surface area contributed by atoms with Crippen LogP contribution in [0.15, 0.2) is 47.5 Å². The molecule has 27 heavy (non-hydrogen) atoms. The van der Waals surface area contributed by atoms with Crippen molar-refractivity contribution in [3.05, 3.63) is 59.2 Å². The summed E-state index contributed by atoms with van der Waals surface area (Å²) in [7, 11) is 1.39. The van der Waals surface area contributed by atoms with Crippen LogP contribution >= 0.6 is 0 Å². The van der Waals surface area contributed by atoms with Crippen molar-refractivity contribution >= 4 is 12.0 Å². The van der Waals surface area contributed by atoms with Gasteiger partial charge in [-0.3, -0.25) is 4.99 Å². The Balaban J connectivity index is 2.33. The highest BCUT2D eigenvalue weighted by Gasteiger charge is 2.42. The third kappa shape index (κ3) is 5.74. The van der Waals surface area contributed by atoms with Crippen LogP contribution in [0.5, 0.6) is 5.75 Å². The van der Waals surface area contributed by atoms with E-state index in [0.29, 0.717) is 24.2 Å². The molecule has 0 aliphatic rings. The highest BCUT2D eigenvalue weighted by Crippen LogP contribution is 2.43. The van der Waals surface area contributed by atoms with Crippen molar-refractivity contribution in [2.45, 2.75) is 38.8 Å². The first-order valence-electron chi connectivity index (χ1n) is 8.90. The SMILES string of the molecule is CCN=CNc1cc(OC)c(C(CCc2ccccc2)C(F)(F)F)cc1C. The van der Waals surface area contributed by atoms with Gasteiger partial charge in [0.05, 0.1) is 19.4 Å². The molecule has 0 heterocycles. The molecule has 146 valence electrons. The molecule has 0 fully saturated rings. The molecule has 2 aromatic carbocycles. The van der Waals surface area contributed by atoms with Gasteiger partial charge in [-0.2, -0.15) is 13.2 Å². The molecule has 1 N–H and O–H groups in total. The third-order valence-corrected chi connectivity index (χ3v) is 4.41. The van der Waals surface area contributed by atoms with E-state index in [4.69, 9.17) is 4.74 Å². The van der Waals surface area contributed by atoms with Crippen molar-refractivity contribution in [3.8, 4) is 5.75 Å². The molecule has 0 saturated heterocycles. The molecule has 0 aliphatic carbocycles. The lowest BCUT2D eigenvalue weighted by Crippen LogP contribution is -2.22. The van der Waals surface area contributed by atoms with E-state index in [2.05, 4.69) is 10.3 Å². The van der Waals surface area contributed by atoms with E-state index in [9.17, 15) is 13.2 Å². The van der Waals surface area contributed by atoms with Crippen LogP contribution in [0.4, 0.5) is 18.9 Å². The molecular formula is C21H25F3N2O. The Bertz CT molecular complexity index is 758. The summed E-state index contributed by atoms with van der Waals surface area (Å²) >= 11 is 0. The topological polar surface area (TPSA) is 33.6 Å². The van der Waals surface area contributed by atoms with Gasteiger partial charge in [0.15, 0.2) is 0 Å². The fourth-order valence-corrected chi connectivity index (χ4v) is 2.97. The smallest absolute Gasteiger partial charge is 0.395 e. The van der Waals surface area contributed by atoms with Crippen LogP contribution < -0.4 is 10.1 Å². The van der Waals surface area contributed by atoms with Gasteiger partial charge in [-0.05, 0) is 43.9 Å². The van der Waals surface area contributed by atoms with Crippen molar-refractivity contribution in [2.75, 3.05) is 19.0 Å². The summed E-state index contributed by atoms with van der Waals surface area (Å²) in [6.45, 7) is 4.29. The Morgan fingerprint density at radius 1 is 1.19 bits per heavy atom. The predicted molar refractivity (Wildman–Crippen MR) is 104 cm³/mol. The van der Waals surface area contributed by atoms with E-state index < -0.39 is 12.1 Å². The average Bonchev–Trinajstić information content (AvgIpc) is 2.63. The fraction of sp³-hybridized carbons (Fsp3) is 0.381. The molecule has 2 rings (SSSR count). The number of anilines is 1. The molecule has 2 aromatic rings. The number of methoxy groups -OCH3 is 1. The Morgan fingerprint density at radius 2 is 1.89 bits per heavy atom. The number of rotatable bonds is 8. The monoisotopic (exact) mass is 378 g/mol. The van der Waals surface area contributed by atoms with Crippen LogP contribution in [0, 0.1) is 6.92 Å². The van der Waals surface area contributed by atoms with E-state index in [-0.39, 0.29) is 17.7 Å². The molecule has 0 amide bonds. The van der Waals surface area contributed by atoms with Gasteiger partial charge in [0.2, 0.25) is 0 Å². The number of alkyl halides is 3. The van der Waals surface area contributed by atoms with E-state index in [1.165, 1.54) is 13.4 Å². The number of benzene rings is 2. The molecule has 1 unspecified atom stereocenters. The minimum Gasteiger partial charge on any atom is -0.496 e. The lowest BCUT2D eigenvalue weighted by molar-refractivity contribution is -0.152. The van der Waals surface area contributed by atoms with E-state index >= 15 is 0 Å². The molecule has 6 heteroatoms. The first kappa shape index (κ1) is 20.8. The lowest BCUT2D eigenvalue weighted by atomic mass is 9.89. The van der Waals surface area contributed by atoms with Gasteiger partial charge < -0.3 is 10.1 Å². The quantitative estimate of drug-likeness (QED) is 0.469. The first-order chi connectivity index (χ1) is 12.9. The zero-order valence-electron chi connectivity index (χ0n) is 15.8. The third-order valence-electron chi connectivity index (χ3n) is 4.41. The Hall–Kier alpha value is -2.50. The number of aryl methyl sites for hydroxylation is 2. The summed E-state index contributed by atoms with van der Waals surface area (Å²) in [5.74, 6) is -1.37. The zero-order chi connectivity index (χ0) is 19.9. The van der Waals surface area contributed by atoms with E-state index in [1.54, 1.807) is 19.1 Å². The van der Waals surface area contributed by atoms with Gasteiger partial charge in [0.1, 0.15) is 5.75 Å². The van der Waals surface area contributed by atoms with Gasteiger partial charge >= 0.3 is 6.18 Å². The van der Waals surface area contributed by atoms with Gasteiger partial charge in [-0.25, -0.2) is 0 Å². The Morgan fingerprint density at radius 3 is 2.48 bits per heavy atom. The second-order valence-electron chi connectivity index (χ2n) is 6.30. The maximum absolute atomic E-state index is 13.8. The van der Waals surface area contributed by atoms with Gasteiger partial charge in [-0.15, -0.1) is 0 Å². The number of nitrogens with one attached hydrogen (secondary N) is 1. The maximum atomic E-state index is 13.8. The van der Waals surface area contributed by atoms with Crippen LogP contribution in [0.25, 0.3) is 0 Å². The average molecular weight is 378 g/mol. The Labute approximate surface area is 158 Å². The normalized spacial score (nSPS) is 13.0. The van der Waals surface area contributed by atoms with Crippen molar-refractivity contribution < 1.29 is 17.9 Å². The summed E-state index contributed by atoms with van der Waals surface area (Å²) in [5, 5.41) is 3.00. The molecule has 0 spiro atoms. The van der Waals surface area contributed by atoms with E-state index in [1.807, 2.05) is 37.3 Å². The summed E-state index contributed by atoms with van der Waals surface area (Å²) in [5.41, 5.74) is 2.44. The second kappa shape index (κ2) is 9.44. The van der Waals surface area contributed by atoms with Gasteiger partial charge in [-0.1, -0.05) is 30.3 Å². The van der Waals surface area contributed by atoms with Crippen LogP contribution in [-0.4, -0.2) is 26.2 Å². The van der Waals surface area contributed by atoms with Crippen LogP contribution in [0.3, 0.4) is 0 Å². The van der Waals surface area contributed by atoms with Crippen molar-refractivity contribution in [1.82, 2.24) is 0 Å². The molecule has 1 atom stereocenters. The molecule has 0 bridgehead atoms. The summed E-state index contributed by atoms with van der Waals surface area (Å²) < 4.78 is 46.7. The number of hydrogen-bond acceptors (Lipinski definition) is 2. The number of nitrogens with zero attached hydrogens (tertiary/aromatic N) is 1. The van der Waals surface area contributed by atoms with Crippen molar-refractivity contribution in [2.24, 2.45) is 4.99 Å². The maximum Gasteiger partial charge on any atom is 0.395 e. The molecule has 3 nitrogen and oxygen atoms in total. The highest BCUT2D eigenvalue weighted by atomic mass is 19.4.